The molecule has 33 heavy (non-hydrogen) atoms. The number of urea groups is 1. The van der Waals surface area contributed by atoms with E-state index in [-0.39, 0.29) is 30.3 Å². The van der Waals surface area contributed by atoms with Gasteiger partial charge < -0.3 is 20.9 Å². The van der Waals surface area contributed by atoms with Crippen LogP contribution in [0.25, 0.3) is 0 Å². The molecule has 172 valence electrons. The van der Waals surface area contributed by atoms with Gasteiger partial charge in [0, 0.05) is 38.2 Å². The van der Waals surface area contributed by atoms with Gasteiger partial charge in [-0.1, -0.05) is 18.2 Å². The normalized spacial score (nSPS) is 14.6. The number of anilines is 1. The molecule has 1 heterocycles. The van der Waals surface area contributed by atoms with Crippen LogP contribution in [0.2, 0.25) is 0 Å². The van der Waals surface area contributed by atoms with Gasteiger partial charge in [0.05, 0.1) is 11.6 Å². The number of benzene rings is 2. The molecule has 1 aliphatic rings. The number of carbonyl (C=O) groups is 3. The van der Waals surface area contributed by atoms with Crippen LogP contribution in [-0.4, -0.2) is 47.9 Å². The number of halogens is 1. The number of carbonyl (C=O) groups excluding carboxylic acids is 3. The lowest BCUT2D eigenvalue weighted by Crippen LogP contribution is -2.53. The second kappa shape index (κ2) is 11.1. The molecule has 8 nitrogen and oxygen atoms in total. The summed E-state index contributed by atoms with van der Waals surface area (Å²) in [5.74, 6) is -1.18. The van der Waals surface area contributed by atoms with Gasteiger partial charge in [-0.15, -0.1) is 0 Å². The lowest BCUT2D eigenvalue weighted by atomic mass is 10.0. The molecule has 0 aromatic heterocycles. The number of likely N-dealkylation sites (tertiary alicyclic amines) is 1. The number of piperidine rings is 1. The third kappa shape index (κ3) is 6.77. The van der Waals surface area contributed by atoms with Crippen LogP contribution in [0.1, 0.15) is 30.9 Å². The molecule has 1 saturated heterocycles. The quantitative estimate of drug-likeness (QED) is 0.626. The molecule has 0 bridgehead atoms. The van der Waals surface area contributed by atoms with E-state index in [1.165, 1.54) is 13.0 Å². The van der Waals surface area contributed by atoms with Crippen LogP contribution in [0.15, 0.2) is 48.5 Å². The van der Waals surface area contributed by atoms with Crippen LogP contribution >= 0.6 is 0 Å². The molecule has 0 unspecified atom stereocenters. The fourth-order valence-corrected chi connectivity index (χ4v) is 3.70. The zero-order valence-corrected chi connectivity index (χ0v) is 18.3. The van der Waals surface area contributed by atoms with Crippen molar-refractivity contribution in [3.05, 3.63) is 65.5 Å². The second-order valence-electron chi connectivity index (χ2n) is 7.94. The van der Waals surface area contributed by atoms with E-state index >= 15 is 0 Å². The Morgan fingerprint density at radius 3 is 2.39 bits per heavy atom. The van der Waals surface area contributed by atoms with Crippen LogP contribution in [0.3, 0.4) is 0 Å². The summed E-state index contributed by atoms with van der Waals surface area (Å²) >= 11 is 0. The number of nitrogens with one attached hydrogen (secondary N) is 3. The second-order valence-corrected chi connectivity index (χ2v) is 7.94. The number of hydrogen-bond acceptors (Lipinski definition) is 4. The zero-order valence-electron chi connectivity index (χ0n) is 18.3. The minimum atomic E-state index is -0.892. The summed E-state index contributed by atoms with van der Waals surface area (Å²) in [4.78, 5) is 38.5. The fourth-order valence-electron chi connectivity index (χ4n) is 3.70. The molecule has 0 spiro atoms. The van der Waals surface area contributed by atoms with Crippen LogP contribution in [0, 0.1) is 17.1 Å². The highest BCUT2D eigenvalue weighted by molar-refractivity contribution is 5.89. The van der Waals surface area contributed by atoms with Crippen molar-refractivity contribution in [3.8, 4) is 6.07 Å². The molecule has 9 heteroatoms. The summed E-state index contributed by atoms with van der Waals surface area (Å²) < 4.78 is 14.0. The molecule has 1 fully saturated rings. The molecule has 1 aliphatic heterocycles. The van der Waals surface area contributed by atoms with Crippen molar-refractivity contribution in [2.75, 3.05) is 18.4 Å². The van der Waals surface area contributed by atoms with E-state index in [4.69, 9.17) is 5.26 Å². The van der Waals surface area contributed by atoms with E-state index in [1.54, 1.807) is 47.4 Å². The summed E-state index contributed by atoms with van der Waals surface area (Å²) in [6.45, 7) is 2.21. The Morgan fingerprint density at radius 2 is 1.79 bits per heavy atom. The highest BCUT2D eigenvalue weighted by Crippen LogP contribution is 2.15. The third-order valence-corrected chi connectivity index (χ3v) is 5.47. The average Bonchev–Trinajstić information content (AvgIpc) is 2.80. The Morgan fingerprint density at radius 1 is 1.12 bits per heavy atom. The van der Waals surface area contributed by atoms with Crippen molar-refractivity contribution in [1.82, 2.24) is 15.5 Å². The van der Waals surface area contributed by atoms with Crippen LogP contribution < -0.4 is 16.0 Å². The number of amides is 4. The SMILES string of the molecule is CC(=O)N[C@H](Cc1ccccc1F)C(=O)NC1CCN(C(=O)Nc2ccc(C#N)cc2)CC1. The summed E-state index contributed by atoms with van der Waals surface area (Å²) in [6, 6.07) is 13.5. The van der Waals surface area contributed by atoms with Gasteiger partial charge >= 0.3 is 6.03 Å². The third-order valence-electron chi connectivity index (χ3n) is 5.47. The van der Waals surface area contributed by atoms with Crippen LogP contribution in [0.4, 0.5) is 14.9 Å². The van der Waals surface area contributed by atoms with Crippen molar-refractivity contribution in [3.63, 3.8) is 0 Å². The van der Waals surface area contributed by atoms with Crippen LogP contribution in [0.5, 0.6) is 0 Å². The molecule has 2 aromatic rings. The van der Waals surface area contributed by atoms with E-state index in [9.17, 15) is 18.8 Å². The topological polar surface area (TPSA) is 114 Å². The minimum absolute atomic E-state index is 0.0456. The Hall–Kier alpha value is -3.93. The highest BCUT2D eigenvalue weighted by Gasteiger charge is 2.27. The van der Waals surface area contributed by atoms with Crippen molar-refractivity contribution < 1.29 is 18.8 Å². The maximum atomic E-state index is 14.0. The lowest BCUT2D eigenvalue weighted by Gasteiger charge is -2.33. The maximum Gasteiger partial charge on any atom is 0.321 e. The molecule has 3 N–H and O–H groups in total. The van der Waals surface area contributed by atoms with Gasteiger partial charge in [-0.05, 0) is 48.7 Å². The van der Waals surface area contributed by atoms with Gasteiger partial charge in [-0.3, -0.25) is 9.59 Å². The van der Waals surface area contributed by atoms with E-state index in [1.807, 2.05) is 6.07 Å². The molecule has 4 amide bonds. The molecule has 1 atom stereocenters. The summed E-state index contributed by atoms with van der Waals surface area (Å²) in [6.07, 6.45) is 1.15. The van der Waals surface area contributed by atoms with E-state index < -0.39 is 11.9 Å². The van der Waals surface area contributed by atoms with Crippen molar-refractivity contribution >= 4 is 23.5 Å². The number of nitriles is 1. The van der Waals surface area contributed by atoms with Gasteiger partial charge in [0.1, 0.15) is 11.9 Å². The predicted molar refractivity (Wildman–Crippen MR) is 121 cm³/mol. The van der Waals surface area contributed by atoms with Gasteiger partial charge in [0.15, 0.2) is 0 Å². The Bertz CT molecular complexity index is 1040. The number of nitrogens with zero attached hydrogens (tertiary/aromatic N) is 2. The van der Waals surface area contributed by atoms with Crippen LogP contribution in [-0.2, 0) is 16.0 Å². The molecular formula is C24H26FN5O3. The van der Waals surface area contributed by atoms with Gasteiger partial charge in [-0.25, -0.2) is 9.18 Å². The molecule has 2 aromatic carbocycles. The smallest absolute Gasteiger partial charge is 0.321 e. The monoisotopic (exact) mass is 451 g/mol. The maximum absolute atomic E-state index is 14.0. The minimum Gasteiger partial charge on any atom is -0.351 e. The molecule has 0 radical (unpaired) electrons. The van der Waals surface area contributed by atoms with Gasteiger partial charge in [0.25, 0.3) is 0 Å². The zero-order chi connectivity index (χ0) is 23.8. The van der Waals surface area contributed by atoms with Crippen molar-refractivity contribution in [2.45, 2.75) is 38.3 Å². The average molecular weight is 452 g/mol. The Balaban J connectivity index is 1.52. The van der Waals surface area contributed by atoms with E-state index in [2.05, 4.69) is 16.0 Å². The first-order valence-corrected chi connectivity index (χ1v) is 10.7. The first-order valence-electron chi connectivity index (χ1n) is 10.7. The van der Waals surface area contributed by atoms with E-state index in [0.717, 1.165) is 0 Å². The Labute approximate surface area is 191 Å². The first-order chi connectivity index (χ1) is 15.9. The fraction of sp³-hybridized carbons (Fsp3) is 0.333. The molecule has 3 rings (SSSR count). The summed E-state index contributed by atoms with van der Waals surface area (Å²) in [5, 5.41) is 17.2. The Kier molecular flexibility index (Phi) is 7.97. The number of hydrogen-bond donors (Lipinski definition) is 3. The molecular weight excluding hydrogens is 425 g/mol. The highest BCUT2D eigenvalue weighted by atomic mass is 19.1. The summed E-state index contributed by atoms with van der Waals surface area (Å²) in [5.41, 5.74) is 1.46. The number of rotatable bonds is 6. The molecule has 0 aliphatic carbocycles. The van der Waals surface area contributed by atoms with Gasteiger partial charge in [0.2, 0.25) is 11.8 Å². The predicted octanol–water partition coefficient (Wildman–Crippen LogP) is 2.56. The lowest BCUT2D eigenvalue weighted by molar-refractivity contribution is -0.128. The van der Waals surface area contributed by atoms with Crippen molar-refractivity contribution in [1.29, 1.82) is 5.26 Å². The van der Waals surface area contributed by atoms with Crippen molar-refractivity contribution in [2.24, 2.45) is 0 Å². The first kappa shape index (κ1) is 23.7. The summed E-state index contributed by atoms with van der Waals surface area (Å²) in [7, 11) is 0. The molecule has 0 saturated carbocycles. The standard InChI is InChI=1S/C24H26FN5O3/c1-16(31)27-22(14-18-4-2-3-5-21(18)25)23(32)28-20-10-12-30(13-11-20)24(33)29-19-8-6-17(15-26)7-9-19/h2-9,20,22H,10-14H2,1H3,(H,27,31)(H,28,32)(H,29,33)/t22-/m1/s1. The van der Waals surface area contributed by atoms with Gasteiger partial charge in [-0.2, -0.15) is 5.26 Å². The largest absolute Gasteiger partial charge is 0.351 e. The van der Waals surface area contributed by atoms with E-state index in [0.29, 0.717) is 42.7 Å².